The van der Waals surface area contributed by atoms with Gasteiger partial charge >= 0.3 is 0 Å². The van der Waals surface area contributed by atoms with Crippen molar-refractivity contribution in [2.24, 2.45) is 5.92 Å². The van der Waals surface area contributed by atoms with E-state index in [1.807, 2.05) is 11.6 Å². The summed E-state index contributed by atoms with van der Waals surface area (Å²) in [6.07, 6.45) is 5.25. The fraction of sp³-hybridized carbons (Fsp3) is 0.750. The van der Waals surface area contributed by atoms with Crippen LogP contribution in [0.4, 0.5) is 0 Å². The van der Waals surface area contributed by atoms with Crippen LogP contribution in [0.1, 0.15) is 50.4 Å². The van der Waals surface area contributed by atoms with Gasteiger partial charge in [-0.1, -0.05) is 11.6 Å². The van der Waals surface area contributed by atoms with Crippen LogP contribution in [0, 0.1) is 12.8 Å². The molecule has 1 aliphatic heterocycles. The number of aromatic nitrogens is 2. The summed E-state index contributed by atoms with van der Waals surface area (Å²) in [6, 6.07) is 0.413. The van der Waals surface area contributed by atoms with Gasteiger partial charge in [-0.05, 0) is 46.1 Å². The highest BCUT2D eigenvalue weighted by atomic mass is 35.5. The summed E-state index contributed by atoms with van der Waals surface area (Å²) in [5.41, 5.74) is 2.01. The molecule has 1 saturated carbocycles. The Hall–Kier alpha value is -0.870. The molecular weight excluding hydrogens is 286 g/mol. The molecule has 0 N–H and O–H groups in total. The van der Waals surface area contributed by atoms with Crippen LogP contribution in [-0.4, -0.2) is 33.1 Å². The average Bonchev–Trinajstić information content (AvgIpc) is 3.15. The van der Waals surface area contributed by atoms with Crippen LogP contribution < -0.4 is 0 Å². The number of hydrogen-bond acceptors (Lipinski definition) is 3. The summed E-state index contributed by atoms with van der Waals surface area (Å²) in [5.74, 6) is 0.726. The lowest BCUT2D eigenvalue weighted by Gasteiger charge is -2.28. The van der Waals surface area contributed by atoms with Crippen molar-refractivity contribution in [3.8, 4) is 0 Å². The first-order valence-electron chi connectivity index (χ1n) is 8.10. The molecule has 0 bridgehead atoms. The van der Waals surface area contributed by atoms with E-state index in [1.165, 1.54) is 6.42 Å². The van der Waals surface area contributed by atoms with Crippen molar-refractivity contribution in [2.75, 3.05) is 6.54 Å². The Morgan fingerprint density at radius 1 is 1.33 bits per heavy atom. The highest BCUT2D eigenvalue weighted by Gasteiger charge is 2.38. The summed E-state index contributed by atoms with van der Waals surface area (Å²) in [7, 11) is 0. The lowest BCUT2D eigenvalue weighted by atomic mass is 9.95. The Balaban J connectivity index is 1.79. The Morgan fingerprint density at radius 2 is 2.14 bits per heavy atom. The SMILES string of the molecule is CCn1nc(C)c(Cl)c1CN1CCCC1C1CCCC1=O. The second-order valence-electron chi connectivity index (χ2n) is 6.31. The van der Waals surface area contributed by atoms with Gasteiger partial charge < -0.3 is 0 Å². The number of aryl methyl sites for hydroxylation is 2. The van der Waals surface area contributed by atoms with Crippen molar-refractivity contribution in [1.29, 1.82) is 0 Å². The summed E-state index contributed by atoms with van der Waals surface area (Å²) in [5, 5.41) is 5.29. The first-order valence-corrected chi connectivity index (χ1v) is 8.48. The van der Waals surface area contributed by atoms with Gasteiger partial charge in [0.05, 0.1) is 16.4 Å². The number of halogens is 1. The number of hydrogen-bond donors (Lipinski definition) is 0. The molecule has 0 spiro atoms. The predicted molar refractivity (Wildman–Crippen MR) is 83.4 cm³/mol. The van der Waals surface area contributed by atoms with E-state index >= 15 is 0 Å². The van der Waals surface area contributed by atoms with Gasteiger partial charge in [0.15, 0.2) is 0 Å². The third-order valence-electron chi connectivity index (χ3n) is 5.04. The highest BCUT2D eigenvalue weighted by Crippen LogP contribution is 2.35. The maximum Gasteiger partial charge on any atom is 0.137 e. The molecule has 1 saturated heterocycles. The van der Waals surface area contributed by atoms with E-state index in [0.717, 1.165) is 61.7 Å². The zero-order chi connectivity index (χ0) is 15.0. The van der Waals surface area contributed by atoms with Crippen molar-refractivity contribution < 1.29 is 4.79 Å². The summed E-state index contributed by atoms with van der Waals surface area (Å²) >= 11 is 6.43. The molecule has 2 atom stereocenters. The van der Waals surface area contributed by atoms with Crippen LogP contribution in [0.2, 0.25) is 5.02 Å². The Morgan fingerprint density at radius 3 is 2.81 bits per heavy atom. The zero-order valence-corrected chi connectivity index (χ0v) is 13.7. The molecule has 2 heterocycles. The predicted octanol–water partition coefficient (Wildman–Crippen LogP) is 3.20. The maximum atomic E-state index is 12.1. The standard InChI is InChI=1S/C16H24ClN3O/c1-3-20-14(16(17)11(2)18-20)10-19-9-5-7-13(19)12-6-4-8-15(12)21/h12-13H,3-10H2,1-2H3. The van der Waals surface area contributed by atoms with Crippen molar-refractivity contribution >= 4 is 17.4 Å². The number of rotatable bonds is 4. The number of ketones is 1. The largest absolute Gasteiger partial charge is 0.299 e. The summed E-state index contributed by atoms with van der Waals surface area (Å²) in [6.45, 7) is 6.78. The van der Waals surface area contributed by atoms with E-state index in [2.05, 4.69) is 16.9 Å². The van der Waals surface area contributed by atoms with Crippen molar-refractivity contribution in [2.45, 2.75) is 65.1 Å². The topological polar surface area (TPSA) is 38.1 Å². The van der Waals surface area contributed by atoms with E-state index in [0.29, 0.717) is 11.8 Å². The minimum Gasteiger partial charge on any atom is -0.299 e. The van der Waals surface area contributed by atoms with Gasteiger partial charge in [-0.3, -0.25) is 14.4 Å². The normalized spacial score (nSPS) is 26.9. The van der Waals surface area contributed by atoms with Gasteiger partial charge in [0.25, 0.3) is 0 Å². The highest BCUT2D eigenvalue weighted by molar-refractivity contribution is 6.31. The van der Waals surface area contributed by atoms with Gasteiger partial charge in [-0.15, -0.1) is 0 Å². The smallest absolute Gasteiger partial charge is 0.137 e. The molecule has 2 unspecified atom stereocenters. The third kappa shape index (κ3) is 2.76. The van der Waals surface area contributed by atoms with Gasteiger partial charge in [0.2, 0.25) is 0 Å². The monoisotopic (exact) mass is 309 g/mol. The Kier molecular flexibility index (Phi) is 4.36. The van der Waals surface area contributed by atoms with Gasteiger partial charge in [-0.2, -0.15) is 5.10 Å². The van der Waals surface area contributed by atoms with Crippen molar-refractivity contribution in [1.82, 2.24) is 14.7 Å². The number of nitrogens with zero attached hydrogens (tertiary/aromatic N) is 3. The van der Waals surface area contributed by atoms with Crippen LogP contribution in [-0.2, 0) is 17.9 Å². The van der Waals surface area contributed by atoms with E-state index in [4.69, 9.17) is 11.6 Å². The molecule has 0 radical (unpaired) electrons. The van der Waals surface area contributed by atoms with Gasteiger partial charge in [-0.25, -0.2) is 0 Å². The first kappa shape index (κ1) is 15.0. The number of carbonyl (C=O) groups is 1. The lowest BCUT2D eigenvalue weighted by Crippen LogP contribution is -2.37. The van der Waals surface area contributed by atoms with Crippen LogP contribution in [0.25, 0.3) is 0 Å². The van der Waals surface area contributed by atoms with E-state index < -0.39 is 0 Å². The van der Waals surface area contributed by atoms with Gasteiger partial charge in [0, 0.05) is 31.5 Å². The minimum atomic E-state index is 0.255. The fourth-order valence-corrected chi connectivity index (χ4v) is 4.16. The average molecular weight is 310 g/mol. The van der Waals surface area contributed by atoms with Crippen LogP contribution >= 0.6 is 11.6 Å². The molecule has 2 fully saturated rings. The molecule has 1 aromatic rings. The van der Waals surface area contributed by atoms with Crippen LogP contribution in [0.5, 0.6) is 0 Å². The number of likely N-dealkylation sites (tertiary alicyclic amines) is 1. The molecule has 116 valence electrons. The molecule has 4 nitrogen and oxygen atoms in total. The molecule has 3 rings (SSSR count). The van der Waals surface area contributed by atoms with E-state index in [1.54, 1.807) is 0 Å². The molecule has 5 heteroatoms. The third-order valence-corrected chi connectivity index (χ3v) is 5.53. The summed E-state index contributed by atoms with van der Waals surface area (Å²) in [4.78, 5) is 14.5. The summed E-state index contributed by atoms with van der Waals surface area (Å²) < 4.78 is 2.00. The maximum absolute atomic E-state index is 12.1. The quantitative estimate of drug-likeness (QED) is 0.857. The van der Waals surface area contributed by atoms with E-state index in [9.17, 15) is 4.79 Å². The second-order valence-corrected chi connectivity index (χ2v) is 6.68. The molecule has 1 aliphatic carbocycles. The van der Waals surface area contributed by atoms with Crippen molar-refractivity contribution in [3.05, 3.63) is 16.4 Å². The molecule has 21 heavy (non-hydrogen) atoms. The Labute approximate surface area is 131 Å². The number of carbonyl (C=O) groups excluding carboxylic acids is 1. The molecular formula is C16H24ClN3O. The second kappa shape index (κ2) is 6.09. The molecule has 1 aromatic heterocycles. The minimum absolute atomic E-state index is 0.255. The molecule has 2 aliphatic rings. The molecule has 0 amide bonds. The zero-order valence-electron chi connectivity index (χ0n) is 12.9. The number of Topliss-reactive ketones (excluding diaryl/α,β-unsaturated/α-hetero) is 1. The lowest BCUT2D eigenvalue weighted by molar-refractivity contribution is -0.122. The Bertz CT molecular complexity index is 540. The van der Waals surface area contributed by atoms with Crippen LogP contribution in [0.15, 0.2) is 0 Å². The van der Waals surface area contributed by atoms with Crippen molar-refractivity contribution in [3.63, 3.8) is 0 Å². The van der Waals surface area contributed by atoms with E-state index in [-0.39, 0.29) is 5.92 Å². The first-order chi connectivity index (χ1) is 10.1. The van der Waals surface area contributed by atoms with Gasteiger partial charge in [0.1, 0.15) is 5.78 Å². The fourth-order valence-electron chi connectivity index (χ4n) is 3.97. The molecule has 0 aromatic carbocycles. The van der Waals surface area contributed by atoms with Crippen LogP contribution in [0.3, 0.4) is 0 Å².